The van der Waals surface area contributed by atoms with E-state index in [0.29, 0.717) is 0 Å². The smallest absolute Gasteiger partial charge is 0.332 e. The molecule has 1 heterocycles. The largest absolute Gasteiger partial charge is 0.479 e. The van der Waals surface area contributed by atoms with E-state index in [4.69, 9.17) is 10.9 Å². The second-order valence-electron chi connectivity index (χ2n) is 6.38. The molecule has 0 aromatic heterocycles. The summed E-state index contributed by atoms with van der Waals surface area (Å²) in [5.41, 5.74) is 3.32. The molecule has 0 spiro atoms. The van der Waals surface area contributed by atoms with Gasteiger partial charge in [0.05, 0.1) is 6.10 Å². The van der Waals surface area contributed by atoms with E-state index < -0.39 is 57.0 Å². The van der Waals surface area contributed by atoms with Gasteiger partial charge in [0, 0.05) is 37.2 Å². The number of fused-ring (bicyclic) bond motifs is 1. The van der Waals surface area contributed by atoms with Crippen molar-refractivity contribution < 1.29 is 33.0 Å². The van der Waals surface area contributed by atoms with E-state index >= 15 is 0 Å². The van der Waals surface area contributed by atoms with Crippen LogP contribution < -0.4 is 16.2 Å². The summed E-state index contributed by atoms with van der Waals surface area (Å²) in [5.74, 6) is -6.14. The van der Waals surface area contributed by atoms with Crippen LogP contribution in [0.5, 0.6) is 0 Å². The Morgan fingerprint density at radius 3 is 2.52 bits per heavy atom. The molecule has 2 aliphatic rings. The lowest BCUT2D eigenvalue weighted by Crippen LogP contribution is -2.66. The molecule has 11 nitrogen and oxygen atoms in total. The summed E-state index contributed by atoms with van der Waals surface area (Å²) < 4.78 is 22.2. The standard InChI is InChI=1S/C13H20N4O7S/c1-17-3-7(11(14)20)6-2-9(18)13(12(21)22,8(6)4-17)16-10(19)5-25(15,23)24/h3,6,8-9,18H,2,4-5H2,1H3,(H2,14,20)(H,16,19)(H,21,22)(H2,15,23,24). The maximum Gasteiger partial charge on any atom is 0.332 e. The fraction of sp³-hybridized carbons (Fsp3) is 0.615. The number of carbonyl (C=O) groups is 3. The van der Waals surface area contributed by atoms with Crippen molar-refractivity contribution in [1.29, 1.82) is 0 Å². The zero-order chi connectivity index (χ0) is 19.2. The summed E-state index contributed by atoms with van der Waals surface area (Å²) >= 11 is 0. The number of rotatable bonds is 5. The van der Waals surface area contributed by atoms with E-state index in [-0.39, 0.29) is 18.5 Å². The maximum absolute atomic E-state index is 12.0. The van der Waals surface area contributed by atoms with E-state index in [1.165, 1.54) is 11.1 Å². The lowest BCUT2D eigenvalue weighted by atomic mass is 9.77. The molecule has 0 aromatic rings. The average molecular weight is 376 g/mol. The summed E-state index contributed by atoms with van der Waals surface area (Å²) in [6.45, 7) is 0.112. The number of sulfonamides is 1. The van der Waals surface area contributed by atoms with Crippen molar-refractivity contribution in [1.82, 2.24) is 10.2 Å². The van der Waals surface area contributed by atoms with Crippen LogP contribution >= 0.6 is 0 Å². The number of nitrogens with zero attached hydrogens (tertiary/aromatic N) is 1. The van der Waals surface area contributed by atoms with Crippen molar-refractivity contribution >= 4 is 27.8 Å². The van der Waals surface area contributed by atoms with Crippen LogP contribution in [0.25, 0.3) is 0 Å². The van der Waals surface area contributed by atoms with E-state index in [1.54, 1.807) is 7.05 Å². The molecule has 1 saturated carbocycles. The Labute approximate surface area is 143 Å². The number of carbonyl (C=O) groups excluding carboxylic acids is 2. The molecule has 1 aliphatic heterocycles. The first-order valence-corrected chi connectivity index (χ1v) is 9.04. The van der Waals surface area contributed by atoms with Crippen molar-refractivity contribution in [3.63, 3.8) is 0 Å². The van der Waals surface area contributed by atoms with Crippen LogP contribution in [-0.2, 0) is 24.4 Å². The number of carboxylic acid groups (broad SMARTS) is 1. The van der Waals surface area contributed by atoms with Crippen molar-refractivity contribution in [3.05, 3.63) is 11.8 Å². The van der Waals surface area contributed by atoms with Gasteiger partial charge in [-0.1, -0.05) is 0 Å². The molecular weight excluding hydrogens is 356 g/mol. The van der Waals surface area contributed by atoms with Gasteiger partial charge in [0.25, 0.3) is 0 Å². The minimum absolute atomic E-state index is 0.112. The molecule has 4 unspecified atom stereocenters. The Balaban J connectivity index is 2.44. The third-order valence-corrected chi connectivity index (χ3v) is 5.30. The minimum Gasteiger partial charge on any atom is -0.479 e. The number of aliphatic hydroxyl groups is 1. The van der Waals surface area contributed by atoms with E-state index in [1.807, 2.05) is 0 Å². The molecule has 0 aromatic carbocycles. The highest BCUT2D eigenvalue weighted by Crippen LogP contribution is 2.46. The third kappa shape index (κ3) is 3.45. The predicted molar refractivity (Wildman–Crippen MR) is 84.0 cm³/mol. The van der Waals surface area contributed by atoms with Crippen LogP contribution in [0.1, 0.15) is 6.42 Å². The monoisotopic (exact) mass is 376 g/mol. The lowest BCUT2D eigenvalue weighted by molar-refractivity contribution is -0.154. The molecule has 7 N–H and O–H groups in total. The Morgan fingerprint density at radius 1 is 1.44 bits per heavy atom. The van der Waals surface area contributed by atoms with Crippen LogP contribution in [-0.4, -0.2) is 72.3 Å². The molecule has 140 valence electrons. The maximum atomic E-state index is 12.0. The summed E-state index contributed by atoms with van der Waals surface area (Å²) in [6, 6.07) is 0. The first kappa shape index (κ1) is 19.1. The molecule has 2 rings (SSSR count). The first-order valence-electron chi connectivity index (χ1n) is 7.33. The Hall–Kier alpha value is -2.18. The highest BCUT2D eigenvalue weighted by atomic mass is 32.2. The van der Waals surface area contributed by atoms with Crippen molar-refractivity contribution in [3.8, 4) is 0 Å². The number of aliphatic hydroxyl groups excluding tert-OH is 1. The van der Waals surface area contributed by atoms with Gasteiger partial charge in [0.1, 0.15) is 5.75 Å². The minimum atomic E-state index is -4.18. The molecular formula is C13H20N4O7S. The van der Waals surface area contributed by atoms with Gasteiger partial charge >= 0.3 is 5.97 Å². The fourth-order valence-electron chi connectivity index (χ4n) is 3.69. The number of nitrogens with one attached hydrogen (secondary N) is 1. The number of aliphatic carboxylic acids is 1. The third-order valence-electron chi connectivity index (χ3n) is 4.63. The van der Waals surface area contributed by atoms with Crippen LogP contribution in [0.15, 0.2) is 11.8 Å². The summed E-state index contributed by atoms with van der Waals surface area (Å²) in [4.78, 5) is 37.1. The molecule has 25 heavy (non-hydrogen) atoms. The molecule has 1 aliphatic carbocycles. The molecule has 1 fully saturated rings. The van der Waals surface area contributed by atoms with E-state index in [2.05, 4.69) is 5.32 Å². The summed E-state index contributed by atoms with van der Waals surface area (Å²) in [6.07, 6.45) is -0.186. The van der Waals surface area contributed by atoms with Gasteiger partial charge in [-0.05, 0) is 6.42 Å². The highest BCUT2D eigenvalue weighted by Gasteiger charge is 2.62. The summed E-state index contributed by atoms with van der Waals surface area (Å²) in [7, 11) is -2.60. The Bertz CT molecular complexity index is 749. The molecule has 2 amide bonds. The van der Waals surface area contributed by atoms with Crippen molar-refractivity contribution in [2.75, 3.05) is 19.3 Å². The van der Waals surface area contributed by atoms with Gasteiger partial charge in [-0.15, -0.1) is 0 Å². The molecule has 12 heteroatoms. The van der Waals surface area contributed by atoms with Crippen LogP contribution in [0, 0.1) is 11.8 Å². The number of amides is 2. The van der Waals surface area contributed by atoms with Gasteiger partial charge < -0.3 is 26.2 Å². The summed E-state index contributed by atoms with van der Waals surface area (Å²) in [5, 5.41) is 27.0. The molecule has 0 saturated heterocycles. The van der Waals surface area contributed by atoms with Crippen molar-refractivity contribution in [2.24, 2.45) is 22.7 Å². The number of nitrogens with two attached hydrogens (primary N) is 2. The molecule has 0 radical (unpaired) electrons. The van der Waals surface area contributed by atoms with E-state index in [0.717, 1.165) is 0 Å². The number of hydrogen-bond donors (Lipinski definition) is 5. The Morgan fingerprint density at radius 2 is 2.04 bits per heavy atom. The lowest BCUT2D eigenvalue weighted by Gasteiger charge is -2.40. The van der Waals surface area contributed by atoms with Gasteiger partial charge in [-0.25, -0.2) is 18.4 Å². The number of carboxylic acids is 1. The number of hydrogen-bond acceptors (Lipinski definition) is 7. The first-order chi connectivity index (χ1) is 11.4. The van der Waals surface area contributed by atoms with Gasteiger partial charge in [0.2, 0.25) is 21.8 Å². The van der Waals surface area contributed by atoms with Crippen LogP contribution in [0.2, 0.25) is 0 Å². The van der Waals surface area contributed by atoms with Gasteiger partial charge in [0.15, 0.2) is 5.54 Å². The second-order valence-corrected chi connectivity index (χ2v) is 8.00. The fourth-order valence-corrected chi connectivity index (χ4v) is 4.13. The molecule has 4 atom stereocenters. The zero-order valence-corrected chi connectivity index (χ0v) is 14.2. The quantitative estimate of drug-likeness (QED) is 0.326. The number of primary sulfonamides is 1. The Kier molecular flexibility index (Phi) is 4.81. The average Bonchev–Trinajstić information content (AvgIpc) is 2.69. The van der Waals surface area contributed by atoms with Crippen molar-refractivity contribution in [2.45, 2.75) is 18.1 Å². The van der Waals surface area contributed by atoms with Crippen LogP contribution in [0.4, 0.5) is 0 Å². The topological polar surface area (TPSA) is 193 Å². The van der Waals surface area contributed by atoms with Gasteiger partial charge in [-0.2, -0.15) is 0 Å². The normalized spacial score (nSPS) is 31.9. The SMILES string of the molecule is CN1C=C(C(N)=O)C2CC(O)C(NC(=O)CS(N)(=O)=O)(C(=O)O)C2C1. The predicted octanol–water partition coefficient (Wildman–Crippen LogP) is -3.47. The van der Waals surface area contributed by atoms with Gasteiger partial charge in [-0.3, -0.25) is 9.59 Å². The zero-order valence-electron chi connectivity index (χ0n) is 13.4. The van der Waals surface area contributed by atoms with Crippen LogP contribution in [0.3, 0.4) is 0 Å². The number of primary amides is 1. The van der Waals surface area contributed by atoms with E-state index in [9.17, 15) is 33.0 Å². The highest BCUT2D eigenvalue weighted by molar-refractivity contribution is 7.89. The second kappa shape index (κ2) is 6.28. The molecule has 0 bridgehead atoms.